The highest BCUT2D eigenvalue weighted by molar-refractivity contribution is 6.43. The predicted octanol–water partition coefficient (Wildman–Crippen LogP) is 2.60. The zero-order valence-electron chi connectivity index (χ0n) is 9.44. The summed E-state index contributed by atoms with van der Waals surface area (Å²) >= 11 is 11.5. The summed E-state index contributed by atoms with van der Waals surface area (Å²) < 4.78 is 4.80. The Kier molecular flexibility index (Phi) is 4.81. The lowest BCUT2D eigenvalue weighted by atomic mass is 10.2. The second kappa shape index (κ2) is 5.93. The van der Waals surface area contributed by atoms with E-state index in [1.54, 1.807) is 6.92 Å². The number of aliphatic carboxylic acids is 1. The van der Waals surface area contributed by atoms with Crippen molar-refractivity contribution < 1.29 is 19.4 Å². The van der Waals surface area contributed by atoms with E-state index in [1.165, 1.54) is 12.1 Å². The third-order valence-electron chi connectivity index (χ3n) is 2.19. The number of esters is 1. The molecule has 7 heteroatoms. The highest BCUT2D eigenvalue weighted by atomic mass is 35.5. The second-order valence-corrected chi connectivity index (χ2v) is 4.29. The molecule has 0 spiro atoms. The minimum Gasteiger partial charge on any atom is -0.479 e. The molecular formula is C11H11Cl2NO4. The molecule has 0 saturated carbocycles. The van der Waals surface area contributed by atoms with Crippen molar-refractivity contribution in [2.75, 3.05) is 5.73 Å². The van der Waals surface area contributed by atoms with Gasteiger partial charge in [0.25, 0.3) is 0 Å². The zero-order chi connectivity index (χ0) is 13.9. The summed E-state index contributed by atoms with van der Waals surface area (Å²) in [5.41, 5.74) is 5.72. The Morgan fingerprint density at radius 3 is 2.50 bits per heavy atom. The number of halogens is 2. The summed E-state index contributed by atoms with van der Waals surface area (Å²) in [4.78, 5) is 22.4. The first-order valence-corrected chi connectivity index (χ1v) is 5.80. The van der Waals surface area contributed by atoms with Crippen LogP contribution in [0.15, 0.2) is 12.1 Å². The number of carbonyl (C=O) groups is 2. The van der Waals surface area contributed by atoms with Crippen molar-refractivity contribution in [3.8, 4) is 0 Å². The van der Waals surface area contributed by atoms with Gasteiger partial charge in [-0.05, 0) is 18.6 Å². The molecule has 3 N–H and O–H groups in total. The summed E-state index contributed by atoms with van der Waals surface area (Å²) in [6.07, 6.45) is -1.04. The summed E-state index contributed by atoms with van der Waals surface area (Å²) in [6.45, 7) is 1.59. The molecule has 1 aromatic rings. The molecule has 0 amide bonds. The molecule has 0 aliphatic rings. The molecule has 98 valence electrons. The normalized spacial score (nSPS) is 11.9. The fraction of sp³-hybridized carbons (Fsp3) is 0.273. The first-order chi connectivity index (χ1) is 8.36. The van der Waals surface area contributed by atoms with Gasteiger partial charge in [-0.2, -0.15) is 0 Å². The van der Waals surface area contributed by atoms with Crippen LogP contribution in [-0.2, 0) is 9.53 Å². The smallest absolute Gasteiger partial charge is 0.345 e. The van der Waals surface area contributed by atoms with Crippen LogP contribution in [0.25, 0.3) is 0 Å². The van der Waals surface area contributed by atoms with Gasteiger partial charge in [-0.3, -0.25) is 0 Å². The Balaban J connectivity index is 2.94. The lowest BCUT2D eigenvalue weighted by Crippen LogP contribution is -2.26. The summed E-state index contributed by atoms with van der Waals surface area (Å²) in [6, 6.07) is 2.56. The Hall–Kier alpha value is -1.46. The van der Waals surface area contributed by atoms with Crippen LogP contribution in [0.5, 0.6) is 0 Å². The molecule has 0 radical (unpaired) electrons. The lowest BCUT2D eigenvalue weighted by Gasteiger charge is -2.12. The van der Waals surface area contributed by atoms with E-state index in [-0.39, 0.29) is 27.7 Å². The maximum absolute atomic E-state index is 11.7. The molecular weight excluding hydrogens is 281 g/mol. The summed E-state index contributed by atoms with van der Waals surface area (Å²) in [5, 5.41) is 9.01. The number of hydrogen-bond acceptors (Lipinski definition) is 4. The minimum atomic E-state index is -1.21. The van der Waals surface area contributed by atoms with E-state index >= 15 is 0 Å². The van der Waals surface area contributed by atoms with Gasteiger partial charge in [-0.15, -0.1) is 0 Å². The molecule has 0 fully saturated rings. The van der Waals surface area contributed by atoms with Crippen molar-refractivity contribution in [2.45, 2.75) is 19.4 Å². The number of carboxylic acids is 1. The summed E-state index contributed by atoms with van der Waals surface area (Å²) in [5.74, 6) is -2.02. The first kappa shape index (κ1) is 14.6. The number of nitrogens with two attached hydrogens (primary N) is 1. The Morgan fingerprint density at radius 1 is 1.44 bits per heavy atom. The van der Waals surface area contributed by atoms with E-state index < -0.39 is 18.0 Å². The molecule has 0 heterocycles. The highest BCUT2D eigenvalue weighted by Crippen LogP contribution is 2.29. The topological polar surface area (TPSA) is 89.6 Å². The van der Waals surface area contributed by atoms with Gasteiger partial charge < -0.3 is 15.6 Å². The average Bonchev–Trinajstić information content (AvgIpc) is 2.31. The first-order valence-electron chi connectivity index (χ1n) is 5.05. The highest BCUT2D eigenvalue weighted by Gasteiger charge is 2.21. The van der Waals surface area contributed by atoms with Crippen LogP contribution in [0.4, 0.5) is 5.69 Å². The van der Waals surface area contributed by atoms with Crippen molar-refractivity contribution in [2.24, 2.45) is 0 Å². The van der Waals surface area contributed by atoms with Crippen molar-refractivity contribution in [3.05, 3.63) is 27.7 Å². The zero-order valence-corrected chi connectivity index (χ0v) is 11.0. The number of carboxylic acid groups (broad SMARTS) is 1. The van der Waals surface area contributed by atoms with Crippen molar-refractivity contribution in [1.82, 2.24) is 0 Å². The number of benzene rings is 1. The maximum Gasteiger partial charge on any atom is 0.345 e. The van der Waals surface area contributed by atoms with Crippen molar-refractivity contribution in [1.29, 1.82) is 0 Å². The fourth-order valence-electron chi connectivity index (χ4n) is 1.23. The van der Waals surface area contributed by atoms with Gasteiger partial charge in [0.05, 0.1) is 21.3 Å². The number of carbonyl (C=O) groups excluding carboxylic acids is 1. The molecule has 1 rings (SSSR count). The van der Waals surface area contributed by atoms with Crippen LogP contribution < -0.4 is 5.73 Å². The van der Waals surface area contributed by atoms with E-state index in [0.29, 0.717) is 0 Å². The van der Waals surface area contributed by atoms with Gasteiger partial charge >= 0.3 is 11.9 Å². The van der Waals surface area contributed by atoms with Gasteiger partial charge in [0, 0.05) is 0 Å². The summed E-state index contributed by atoms with van der Waals surface area (Å²) in [7, 11) is 0. The Morgan fingerprint density at radius 2 is 2.06 bits per heavy atom. The van der Waals surface area contributed by atoms with Gasteiger partial charge in [-0.25, -0.2) is 9.59 Å². The van der Waals surface area contributed by atoms with Gasteiger partial charge in [-0.1, -0.05) is 30.1 Å². The maximum atomic E-state index is 11.7. The molecule has 1 aromatic carbocycles. The molecule has 5 nitrogen and oxygen atoms in total. The van der Waals surface area contributed by atoms with E-state index in [0.717, 1.165) is 0 Å². The number of hydrogen-bond donors (Lipinski definition) is 2. The molecule has 0 aliphatic carbocycles. The number of ether oxygens (including phenoxy) is 1. The predicted molar refractivity (Wildman–Crippen MR) is 68.0 cm³/mol. The number of anilines is 1. The van der Waals surface area contributed by atoms with Gasteiger partial charge in [0.1, 0.15) is 0 Å². The fourth-order valence-corrected chi connectivity index (χ4v) is 1.57. The molecule has 1 unspecified atom stereocenters. The van der Waals surface area contributed by atoms with E-state index in [1.807, 2.05) is 0 Å². The minimum absolute atomic E-state index is 0.0570. The molecule has 0 aliphatic heterocycles. The van der Waals surface area contributed by atoms with Crippen LogP contribution in [0, 0.1) is 0 Å². The van der Waals surface area contributed by atoms with Crippen molar-refractivity contribution >= 4 is 40.8 Å². The number of rotatable bonds is 4. The van der Waals surface area contributed by atoms with E-state index in [2.05, 4.69) is 0 Å². The third kappa shape index (κ3) is 3.27. The second-order valence-electron chi connectivity index (χ2n) is 3.50. The lowest BCUT2D eigenvalue weighted by molar-refractivity contribution is -0.147. The monoisotopic (exact) mass is 291 g/mol. The van der Waals surface area contributed by atoms with Crippen LogP contribution >= 0.6 is 23.2 Å². The third-order valence-corrected chi connectivity index (χ3v) is 3.00. The largest absolute Gasteiger partial charge is 0.479 e. The van der Waals surface area contributed by atoms with Crippen LogP contribution in [0.3, 0.4) is 0 Å². The molecule has 1 atom stereocenters. The molecule has 0 aromatic heterocycles. The van der Waals surface area contributed by atoms with Crippen LogP contribution in [0.1, 0.15) is 23.7 Å². The SMILES string of the molecule is CCC(OC(=O)c1cc(N)c(Cl)c(Cl)c1)C(=O)O. The standard InChI is InChI=1S/C11H11Cl2NO4/c1-2-8(10(15)16)18-11(17)5-3-6(12)9(13)7(14)4-5/h3-4,8H,2,14H2,1H3,(H,15,16). The van der Waals surface area contributed by atoms with E-state index in [4.69, 9.17) is 38.8 Å². The quantitative estimate of drug-likeness (QED) is 0.657. The van der Waals surface area contributed by atoms with Crippen LogP contribution in [0.2, 0.25) is 10.0 Å². The van der Waals surface area contributed by atoms with Crippen LogP contribution in [-0.4, -0.2) is 23.1 Å². The molecule has 18 heavy (non-hydrogen) atoms. The van der Waals surface area contributed by atoms with Gasteiger partial charge in [0.2, 0.25) is 0 Å². The number of nitrogen functional groups attached to an aromatic ring is 1. The van der Waals surface area contributed by atoms with Gasteiger partial charge in [0.15, 0.2) is 6.10 Å². The Bertz CT molecular complexity index is 467. The van der Waals surface area contributed by atoms with E-state index in [9.17, 15) is 9.59 Å². The Labute approximate surface area is 113 Å². The molecule has 0 saturated heterocycles. The van der Waals surface area contributed by atoms with Crippen molar-refractivity contribution in [3.63, 3.8) is 0 Å². The average molecular weight is 292 g/mol. The molecule has 0 bridgehead atoms.